The van der Waals surface area contributed by atoms with Gasteiger partial charge in [-0.15, -0.1) is 11.3 Å². The van der Waals surface area contributed by atoms with Crippen molar-refractivity contribution in [2.24, 2.45) is 0 Å². The van der Waals surface area contributed by atoms with E-state index in [1.807, 2.05) is 18.2 Å². The van der Waals surface area contributed by atoms with E-state index >= 15 is 0 Å². The number of nitrogens with zero attached hydrogens (tertiary/aromatic N) is 1. The van der Waals surface area contributed by atoms with E-state index in [0.29, 0.717) is 0 Å². The standard InChI is InChI=1S/C36H22ClNOS/c37-30-20-23(21-34-36(30)29-14-7-8-17-33(29)40-34)27-15-9-16-31-35(27)28-19-18-26(22-32(28)39-31)38(24-10-3-1-4-11-24)25-12-5-2-6-13-25/h1-22H. The van der Waals surface area contributed by atoms with Gasteiger partial charge in [-0.05, 0) is 71.8 Å². The van der Waals surface area contributed by atoms with Crippen molar-refractivity contribution in [1.82, 2.24) is 0 Å². The first-order chi connectivity index (χ1) is 19.7. The summed E-state index contributed by atoms with van der Waals surface area (Å²) < 4.78 is 8.93. The predicted octanol–water partition coefficient (Wildman–Crippen LogP) is 11.7. The Balaban J connectivity index is 1.31. The Morgan fingerprint density at radius 1 is 0.525 bits per heavy atom. The highest BCUT2D eigenvalue weighted by atomic mass is 35.5. The molecule has 0 aliphatic carbocycles. The highest BCUT2D eigenvalue weighted by molar-refractivity contribution is 7.26. The van der Waals surface area contributed by atoms with Gasteiger partial charge in [0.2, 0.25) is 0 Å². The Hall–Kier alpha value is -4.57. The Morgan fingerprint density at radius 3 is 2.02 bits per heavy atom. The predicted molar refractivity (Wildman–Crippen MR) is 172 cm³/mol. The van der Waals surface area contributed by atoms with Crippen LogP contribution in [0.4, 0.5) is 17.1 Å². The number of hydrogen-bond donors (Lipinski definition) is 0. The first-order valence-electron chi connectivity index (χ1n) is 13.2. The van der Waals surface area contributed by atoms with Crippen molar-refractivity contribution < 1.29 is 4.42 Å². The summed E-state index contributed by atoms with van der Waals surface area (Å²) in [6, 6.07) is 46.4. The summed E-state index contributed by atoms with van der Waals surface area (Å²) in [6.45, 7) is 0. The van der Waals surface area contributed by atoms with Crippen molar-refractivity contribution in [2.75, 3.05) is 4.90 Å². The first kappa shape index (κ1) is 23.3. The number of rotatable bonds is 4. The van der Waals surface area contributed by atoms with Crippen molar-refractivity contribution in [3.63, 3.8) is 0 Å². The molecular formula is C36H22ClNOS. The summed E-state index contributed by atoms with van der Waals surface area (Å²) in [5.41, 5.74) is 7.16. The van der Waals surface area contributed by atoms with Crippen LogP contribution in [0.15, 0.2) is 138 Å². The van der Waals surface area contributed by atoms with Crippen LogP contribution in [0, 0.1) is 0 Å². The molecule has 8 rings (SSSR count). The van der Waals surface area contributed by atoms with Crippen molar-refractivity contribution in [3.8, 4) is 11.1 Å². The van der Waals surface area contributed by atoms with Gasteiger partial charge >= 0.3 is 0 Å². The van der Waals surface area contributed by atoms with Crippen LogP contribution in [0.25, 0.3) is 53.2 Å². The maximum absolute atomic E-state index is 6.93. The van der Waals surface area contributed by atoms with Crippen LogP contribution in [0.2, 0.25) is 5.02 Å². The molecule has 40 heavy (non-hydrogen) atoms. The molecule has 0 aliphatic heterocycles. The summed E-state index contributed by atoms with van der Waals surface area (Å²) in [5, 5.41) is 5.30. The second-order valence-electron chi connectivity index (χ2n) is 9.90. The maximum Gasteiger partial charge on any atom is 0.137 e. The molecule has 0 fully saturated rings. The molecule has 190 valence electrons. The number of furan rings is 1. The van der Waals surface area contributed by atoms with Gasteiger partial charge in [0, 0.05) is 54.1 Å². The Kier molecular flexibility index (Phi) is 5.41. The molecule has 6 aromatic carbocycles. The second kappa shape index (κ2) is 9.27. The summed E-state index contributed by atoms with van der Waals surface area (Å²) in [6.07, 6.45) is 0. The van der Waals surface area contributed by atoms with Crippen molar-refractivity contribution >= 4 is 82.1 Å². The summed E-state index contributed by atoms with van der Waals surface area (Å²) >= 11 is 8.71. The average Bonchev–Trinajstić information content (AvgIpc) is 3.56. The van der Waals surface area contributed by atoms with Crippen molar-refractivity contribution in [1.29, 1.82) is 0 Å². The minimum Gasteiger partial charge on any atom is -0.456 e. The van der Waals surface area contributed by atoms with E-state index < -0.39 is 0 Å². The fourth-order valence-corrected chi connectivity index (χ4v) is 7.30. The van der Waals surface area contributed by atoms with E-state index in [4.69, 9.17) is 16.0 Å². The third-order valence-electron chi connectivity index (χ3n) is 7.51. The molecule has 2 aromatic heterocycles. The Bertz CT molecular complexity index is 2140. The molecule has 0 radical (unpaired) electrons. The van der Waals surface area contributed by atoms with E-state index in [9.17, 15) is 0 Å². The van der Waals surface area contributed by atoms with Gasteiger partial charge in [-0.3, -0.25) is 0 Å². The molecule has 2 nitrogen and oxygen atoms in total. The lowest BCUT2D eigenvalue weighted by Gasteiger charge is -2.25. The Morgan fingerprint density at radius 2 is 1.25 bits per heavy atom. The molecule has 0 unspecified atom stereocenters. The van der Waals surface area contributed by atoms with Crippen molar-refractivity contribution in [3.05, 3.63) is 138 Å². The number of halogens is 1. The lowest BCUT2D eigenvalue weighted by atomic mass is 9.98. The van der Waals surface area contributed by atoms with E-state index in [1.165, 1.54) is 14.8 Å². The zero-order valence-electron chi connectivity index (χ0n) is 21.3. The number of anilines is 3. The monoisotopic (exact) mass is 551 g/mol. The fourth-order valence-electron chi connectivity index (χ4n) is 5.75. The number of para-hydroxylation sites is 2. The second-order valence-corrected chi connectivity index (χ2v) is 11.4. The molecule has 0 saturated carbocycles. The smallest absolute Gasteiger partial charge is 0.137 e. The van der Waals surface area contributed by atoms with Gasteiger partial charge in [0.25, 0.3) is 0 Å². The molecule has 0 aliphatic rings. The van der Waals surface area contributed by atoms with Crippen LogP contribution in [-0.4, -0.2) is 0 Å². The third kappa shape index (κ3) is 3.70. The number of hydrogen-bond acceptors (Lipinski definition) is 3. The summed E-state index contributed by atoms with van der Waals surface area (Å²) in [4.78, 5) is 2.25. The zero-order valence-corrected chi connectivity index (χ0v) is 22.9. The molecule has 0 atom stereocenters. The van der Waals surface area contributed by atoms with Crippen LogP contribution in [0.5, 0.6) is 0 Å². The topological polar surface area (TPSA) is 16.4 Å². The maximum atomic E-state index is 6.93. The van der Waals surface area contributed by atoms with Crippen molar-refractivity contribution in [2.45, 2.75) is 0 Å². The van der Waals surface area contributed by atoms with E-state index in [0.717, 1.165) is 60.5 Å². The molecule has 8 aromatic rings. The normalized spacial score (nSPS) is 11.6. The SMILES string of the molecule is Clc1cc(-c2cccc3oc4cc(N(c5ccccc5)c5ccccc5)ccc4c23)cc2sc3ccccc3c12. The fraction of sp³-hybridized carbons (Fsp3) is 0. The highest BCUT2D eigenvalue weighted by Gasteiger charge is 2.18. The van der Waals surface area contributed by atoms with Gasteiger partial charge in [0.15, 0.2) is 0 Å². The summed E-state index contributed by atoms with van der Waals surface area (Å²) in [7, 11) is 0. The van der Waals surface area contributed by atoms with E-state index in [-0.39, 0.29) is 0 Å². The third-order valence-corrected chi connectivity index (χ3v) is 8.92. The molecule has 4 heteroatoms. The minimum absolute atomic E-state index is 0.776. The van der Waals surface area contributed by atoms with Crippen LogP contribution < -0.4 is 4.90 Å². The minimum atomic E-state index is 0.776. The van der Waals surface area contributed by atoms with E-state index in [1.54, 1.807) is 11.3 Å². The molecular weight excluding hydrogens is 530 g/mol. The van der Waals surface area contributed by atoms with Crippen LogP contribution in [0.1, 0.15) is 0 Å². The lowest BCUT2D eigenvalue weighted by Crippen LogP contribution is -2.09. The van der Waals surface area contributed by atoms with Gasteiger partial charge in [-0.2, -0.15) is 0 Å². The van der Waals surface area contributed by atoms with Gasteiger partial charge in [-0.1, -0.05) is 78.3 Å². The van der Waals surface area contributed by atoms with Crippen LogP contribution >= 0.6 is 22.9 Å². The number of thiophene rings is 1. The largest absolute Gasteiger partial charge is 0.456 e. The van der Waals surface area contributed by atoms with Gasteiger partial charge in [0.05, 0.1) is 5.02 Å². The van der Waals surface area contributed by atoms with Crippen LogP contribution in [-0.2, 0) is 0 Å². The quantitative estimate of drug-likeness (QED) is 0.216. The van der Waals surface area contributed by atoms with Gasteiger partial charge < -0.3 is 9.32 Å². The van der Waals surface area contributed by atoms with E-state index in [2.05, 4.69) is 120 Å². The summed E-state index contributed by atoms with van der Waals surface area (Å²) in [5.74, 6) is 0. The molecule has 0 N–H and O–H groups in total. The van der Waals surface area contributed by atoms with Gasteiger partial charge in [-0.25, -0.2) is 0 Å². The van der Waals surface area contributed by atoms with Gasteiger partial charge in [0.1, 0.15) is 11.2 Å². The number of benzene rings is 6. The zero-order chi connectivity index (χ0) is 26.6. The number of fused-ring (bicyclic) bond motifs is 6. The Labute approximate surface area is 240 Å². The molecule has 0 bridgehead atoms. The molecule has 0 amide bonds. The molecule has 2 heterocycles. The first-order valence-corrected chi connectivity index (χ1v) is 14.4. The lowest BCUT2D eigenvalue weighted by molar-refractivity contribution is 0.669. The molecule has 0 saturated heterocycles. The average molecular weight is 552 g/mol. The highest BCUT2D eigenvalue weighted by Crippen LogP contribution is 2.44. The molecule has 0 spiro atoms. The van der Waals surface area contributed by atoms with Crippen LogP contribution in [0.3, 0.4) is 0 Å².